The van der Waals surface area contributed by atoms with Crippen molar-refractivity contribution in [3.05, 3.63) is 23.8 Å². The zero-order chi connectivity index (χ0) is 13.0. The molecule has 1 aromatic carbocycles. The second kappa shape index (κ2) is 6.31. The van der Waals surface area contributed by atoms with Crippen LogP contribution in [0.5, 0.6) is 11.5 Å². The van der Waals surface area contributed by atoms with Gasteiger partial charge in [0.1, 0.15) is 11.5 Å². The summed E-state index contributed by atoms with van der Waals surface area (Å²) in [6.45, 7) is 1.68. The first kappa shape index (κ1) is 13.5. The molecule has 1 aliphatic heterocycles. The average molecular weight is 269 g/mol. The molecule has 0 saturated carbocycles. The molecule has 1 aliphatic rings. The standard InChI is InChI=1S/C13H19NO3S/c1-15-9-3-4-13(16-2)11(5-9)12(14)8-18-10-6-17-7-10/h3-5,10,12H,6-8,14H2,1-2H3. The van der Waals surface area contributed by atoms with Crippen LogP contribution in [0.4, 0.5) is 0 Å². The maximum atomic E-state index is 6.22. The van der Waals surface area contributed by atoms with Crippen LogP contribution in [0.3, 0.4) is 0 Å². The van der Waals surface area contributed by atoms with Gasteiger partial charge in [-0.25, -0.2) is 0 Å². The zero-order valence-electron chi connectivity index (χ0n) is 10.7. The first-order valence-corrected chi connectivity index (χ1v) is 6.96. The van der Waals surface area contributed by atoms with E-state index in [1.165, 1.54) is 0 Å². The molecule has 1 fully saturated rings. The SMILES string of the molecule is COc1ccc(OC)c(C(N)CSC2COC2)c1. The fourth-order valence-corrected chi connectivity index (χ4v) is 2.81. The van der Waals surface area contributed by atoms with Gasteiger partial charge in [-0.3, -0.25) is 0 Å². The summed E-state index contributed by atoms with van der Waals surface area (Å²) in [5.41, 5.74) is 7.22. The summed E-state index contributed by atoms with van der Waals surface area (Å²) in [5, 5.41) is 0.590. The number of thioether (sulfide) groups is 1. The van der Waals surface area contributed by atoms with Gasteiger partial charge in [0.05, 0.1) is 32.7 Å². The number of rotatable bonds is 6. The average Bonchev–Trinajstić information content (AvgIpc) is 2.35. The Hall–Kier alpha value is -0.910. The molecule has 100 valence electrons. The predicted octanol–water partition coefficient (Wildman–Crippen LogP) is 1.84. The van der Waals surface area contributed by atoms with Crippen molar-refractivity contribution in [2.75, 3.05) is 33.2 Å². The van der Waals surface area contributed by atoms with E-state index in [4.69, 9.17) is 19.9 Å². The summed E-state index contributed by atoms with van der Waals surface area (Å²) in [4.78, 5) is 0. The fraction of sp³-hybridized carbons (Fsp3) is 0.538. The van der Waals surface area contributed by atoms with Crippen LogP contribution in [0.1, 0.15) is 11.6 Å². The smallest absolute Gasteiger partial charge is 0.123 e. The van der Waals surface area contributed by atoms with Crippen molar-refractivity contribution in [2.45, 2.75) is 11.3 Å². The van der Waals surface area contributed by atoms with Crippen molar-refractivity contribution in [3.63, 3.8) is 0 Å². The van der Waals surface area contributed by atoms with Gasteiger partial charge in [-0.2, -0.15) is 11.8 Å². The Labute approximate surface area is 112 Å². The van der Waals surface area contributed by atoms with Gasteiger partial charge in [0, 0.05) is 17.4 Å². The van der Waals surface area contributed by atoms with E-state index in [2.05, 4.69) is 0 Å². The molecule has 1 unspecified atom stereocenters. The third-order valence-corrected chi connectivity index (χ3v) is 4.25. The van der Waals surface area contributed by atoms with Crippen LogP contribution in [0.15, 0.2) is 18.2 Å². The molecule has 1 atom stereocenters. The van der Waals surface area contributed by atoms with Crippen LogP contribution < -0.4 is 15.2 Å². The van der Waals surface area contributed by atoms with Gasteiger partial charge in [-0.05, 0) is 18.2 Å². The van der Waals surface area contributed by atoms with Crippen LogP contribution in [0, 0.1) is 0 Å². The minimum absolute atomic E-state index is 0.0550. The van der Waals surface area contributed by atoms with Gasteiger partial charge in [0.15, 0.2) is 0 Å². The van der Waals surface area contributed by atoms with Crippen molar-refractivity contribution in [1.29, 1.82) is 0 Å². The van der Waals surface area contributed by atoms with Gasteiger partial charge < -0.3 is 19.9 Å². The van der Waals surface area contributed by atoms with Crippen molar-refractivity contribution in [3.8, 4) is 11.5 Å². The Kier molecular flexibility index (Phi) is 4.74. The first-order chi connectivity index (χ1) is 8.74. The molecule has 0 aliphatic carbocycles. The molecule has 18 heavy (non-hydrogen) atoms. The highest BCUT2D eigenvalue weighted by atomic mass is 32.2. The topological polar surface area (TPSA) is 53.7 Å². The number of hydrogen-bond donors (Lipinski definition) is 1. The lowest BCUT2D eigenvalue weighted by molar-refractivity contribution is 0.0455. The summed E-state index contributed by atoms with van der Waals surface area (Å²) in [6.07, 6.45) is 0. The van der Waals surface area contributed by atoms with E-state index in [1.807, 2.05) is 30.0 Å². The number of hydrogen-bond acceptors (Lipinski definition) is 5. The van der Waals surface area contributed by atoms with Crippen LogP contribution >= 0.6 is 11.8 Å². The Morgan fingerprint density at radius 3 is 2.72 bits per heavy atom. The number of benzene rings is 1. The molecule has 1 saturated heterocycles. The van der Waals surface area contributed by atoms with Crippen molar-refractivity contribution < 1.29 is 14.2 Å². The summed E-state index contributed by atoms with van der Waals surface area (Å²) in [6, 6.07) is 5.66. The Morgan fingerprint density at radius 1 is 1.39 bits per heavy atom. The normalized spacial score (nSPS) is 17.1. The number of methoxy groups -OCH3 is 2. The van der Waals surface area contributed by atoms with E-state index in [1.54, 1.807) is 14.2 Å². The molecule has 0 aromatic heterocycles. The lowest BCUT2D eigenvalue weighted by Crippen LogP contribution is -2.31. The van der Waals surface area contributed by atoms with Crippen LogP contribution in [-0.2, 0) is 4.74 Å². The quantitative estimate of drug-likeness (QED) is 0.854. The minimum Gasteiger partial charge on any atom is -0.497 e. The second-order valence-electron chi connectivity index (χ2n) is 4.21. The Balaban J connectivity index is 2.03. The largest absolute Gasteiger partial charge is 0.497 e. The molecule has 2 rings (SSSR count). The lowest BCUT2D eigenvalue weighted by atomic mass is 10.1. The zero-order valence-corrected chi connectivity index (χ0v) is 11.5. The Morgan fingerprint density at radius 2 is 2.17 bits per heavy atom. The van der Waals surface area contributed by atoms with E-state index < -0.39 is 0 Å². The van der Waals surface area contributed by atoms with Gasteiger partial charge in [-0.1, -0.05) is 0 Å². The van der Waals surface area contributed by atoms with E-state index in [-0.39, 0.29) is 6.04 Å². The molecule has 5 heteroatoms. The van der Waals surface area contributed by atoms with E-state index in [0.717, 1.165) is 36.0 Å². The van der Waals surface area contributed by atoms with E-state index in [9.17, 15) is 0 Å². The summed E-state index contributed by atoms with van der Waals surface area (Å²) in [7, 11) is 3.31. The van der Waals surface area contributed by atoms with Gasteiger partial charge in [-0.15, -0.1) is 0 Å². The summed E-state index contributed by atoms with van der Waals surface area (Å²) in [5.74, 6) is 2.48. The van der Waals surface area contributed by atoms with Crippen molar-refractivity contribution in [2.24, 2.45) is 5.73 Å². The van der Waals surface area contributed by atoms with E-state index >= 15 is 0 Å². The summed E-state index contributed by atoms with van der Waals surface area (Å²) >= 11 is 1.85. The van der Waals surface area contributed by atoms with Crippen LogP contribution in [0.25, 0.3) is 0 Å². The molecule has 0 amide bonds. The number of nitrogens with two attached hydrogens (primary N) is 1. The molecule has 1 aromatic rings. The lowest BCUT2D eigenvalue weighted by Gasteiger charge is -2.26. The molecule has 1 heterocycles. The third kappa shape index (κ3) is 3.10. The highest BCUT2D eigenvalue weighted by Gasteiger charge is 2.21. The molecule has 0 spiro atoms. The fourth-order valence-electron chi connectivity index (χ4n) is 1.77. The minimum atomic E-state index is -0.0550. The maximum Gasteiger partial charge on any atom is 0.123 e. The van der Waals surface area contributed by atoms with Crippen molar-refractivity contribution in [1.82, 2.24) is 0 Å². The van der Waals surface area contributed by atoms with Crippen LogP contribution in [-0.4, -0.2) is 38.4 Å². The highest BCUT2D eigenvalue weighted by Crippen LogP contribution is 2.31. The van der Waals surface area contributed by atoms with Gasteiger partial charge in [0.25, 0.3) is 0 Å². The molecular formula is C13H19NO3S. The molecule has 0 bridgehead atoms. The first-order valence-electron chi connectivity index (χ1n) is 5.91. The highest BCUT2D eigenvalue weighted by molar-refractivity contribution is 8.00. The maximum absolute atomic E-state index is 6.22. The Bertz CT molecular complexity index is 396. The van der Waals surface area contributed by atoms with Gasteiger partial charge in [0.2, 0.25) is 0 Å². The molecular weight excluding hydrogens is 250 g/mol. The summed E-state index contributed by atoms with van der Waals surface area (Å²) < 4.78 is 15.7. The van der Waals surface area contributed by atoms with Crippen molar-refractivity contribution >= 4 is 11.8 Å². The predicted molar refractivity (Wildman–Crippen MR) is 73.5 cm³/mol. The van der Waals surface area contributed by atoms with Gasteiger partial charge >= 0.3 is 0 Å². The molecule has 4 nitrogen and oxygen atoms in total. The molecule has 0 radical (unpaired) electrons. The second-order valence-corrected chi connectivity index (χ2v) is 5.54. The monoisotopic (exact) mass is 269 g/mol. The van der Waals surface area contributed by atoms with E-state index in [0.29, 0.717) is 5.25 Å². The molecule has 2 N–H and O–H groups in total. The third-order valence-electron chi connectivity index (χ3n) is 2.96. The number of ether oxygens (including phenoxy) is 3. The van der Waals surface area contributed by atoms with Crippen LogP contribution in [0.2, 0.25) is 0 Å².